The molecule has 0 fully saturated rings. The highest BCUT2D eigenvalue weighted by Gasteiger charge is 2.38. The zero-order valence-corrected chi connectivity index (χ0v) is 14.8. The molecule has 0 amide bonds. The number of carboxylic acids is 6. The normalized spacial score (nSPS) is 16.4. The summed E-state index contributed by atoms with van der Waals surface area (Å²) in [4.78, 5) is 61.7. The van der Waals surface area contributed by atoms with Gasteiger partial charge in [0, 0.05) is 11.8 Å². The van der Waals surface area contributed by atoms with Crippen molar-refractivity contribution in [3.05, 3.63) is 0 Å². The van der Waals surface area contributed by atoms with Gasteiger partial charge in [-0.3, -0.25) is 9.59 Å². The molecule has 0 aliphatic rings. The van der Waals surface area contributed by atoms with Crippen molar-refractivity contribution in [1.82, 2.24) is 0 Å². The van der Waals surface area contributed by atoms with Crippen LogP contribution in [0.1, 0.15) is 12.8 Å². The van der Waals surface area contributed by atoms with E-state index in [1.54, 1.807) is 0 Å². The fraction of sp³-hybridized carbons (Fsp3) is 0.571. The number of hydrogen-bond donors (Lipinski definition) is 10. The van der Waals surface area contributed by atoms with E-state index in [9.17, 15) is 28.8 Å². The summed E-state index contributed by atoms with van der Waals surface area (Å²) in [5.74, 6) is -13.8. The summed E-state index contributed by atoms with van der Waals surface area (Å²) in [6.07, 6.45) is -10.9. The minimum Gasteiger partial charge on any atom is -0.481 e. The largest absolute Gasteiger partial charge is 0.481 e. The first-order valence-corrected chi connectivity index (χ1v) is 7.61. The molecular weight excluding hydrogens is 424 g/mol. The molecule has 0 aromatic rings. The van der Waals surface area contributed by atoms with Gasteiger partial charge in [0.15, 0.2) is 24.4 Å². The smallest absolute Gasteiger partial charge is 0.332 e. The Morgan fingerprint density at radius 2 is 0.600 bits per heavy atom. The summed E-state index contributed by atoms with van der Waals surface area (Å²) >= 11 is 0. The maximum absolute atomic E-state index is 10.3. The Morgan fingerprint density at radius 1 is 0.433 bits per heavy atom. The summed E-state index contributed by atoms with van der Waals surface area (Å²) in [6, 6.07) is 0. The summed E-state index contributed by atoms with van der Waals surface area (Å²) in [5, 5.41) is 85.9. The summed E-state index contributed by atoms with van der Waals surface area (Å²) in [5.41, 5.74) is 0. The van der Waals surface area contributed by atoms with Crippen LogP contribution in [-0.4, -0.2) is 111 Å². The summed E-state index contributed by atoms with van der Waals surface area (Å²) in [7, 11) is 0. The average molecular weight is 444 g/mol. The molecule has 0 saturated heterocycles. The van der Waals surface area contributed by atoms with Gasteiger partial charge in [0.1, 0.15) is 0 Å². The quantitative estimate of drug-likeness (QED) is 0.137. The highest BCUT2D eigenvalue weighted by atomic mass is 16.4. The Morgan fingerprint density at radius 3 is 0.700 bits per heavy atom. The van der Waals surface area contributed by atoms with Gasteiger partial charge in [-0.25, -0.2) is 19.2 Å². The van der Waals surface area contributed by atoms with Crippen LogP contribution in [0.25, 0.3) is 0 Å². The van der Waals surface area contributed by atoms with Gasteiger partial charge in [-0.2, -0.15) is 0 Å². The Balaban J connectivity index is 0. The fourth-order valence-electron chi connectivity index (χ4n) is 1.93. The molecule has 172 valence electrons. The van der Waals surface area contributed by atoms with Crippen LogP contribution in [0.15, 0.2) is 0 Å². The van der Waals surface area contributed by atoms with Crippen LogP contribution in [0, 0.1) is 11.8 Å². The second-order valence-electron chi connectivity index (χ2n) is 5.66. The van der Waals surface area contributed by atoms with Crippen LogP contribution >= 0.6 is 0 Å². The number of carbonyl (C=O) groups is 6. The topological polar surface area (TPSA) is 305 Å². The highest BCUT2D eigenvalue weighted by Crippen LogP contribution is 2.16. The molecule has 0 aromatic heterocycles. The third-order valence-electron chi connectivity index (χ3n) is 3.45. The lowest BCUT2D eigenvalue weighted by Crippen LogP contribution is -2.42. The Hall–Kier alpha value is -3.34. The van der Waals surface area contributed by atoms with Crippen molar-refractivity contribution in [2.75, 3.05) is 0 Å². The van der Waals surface area contributed by atoms with Crippen molar-refractivity contribution in [1.29, 1.82) is 0 Å². The van der Waals surface area contributed by atoms with Crippen LogP contribution in [0.2, 0.25) is 0 Å². The van der Waals surface area contributed by atoms with E-state index in [0.29, 0.717) is 0 Å². The molecule has 4 atom stereocenters. The van der Waals surface area contributed by atoms with Crippen molar-refractivity contribution < 1.29 is 79.8 Å². The van der Waals surface area contributed by atoms with Gasteiger partial charge in [0.25, 0.3) is 0 Å². The second kappa shape index (κ2) is 13.0. The first-order valence-electron chi connectivity index (χ1n) is 7.61. The Bertz CT molecular complexity index is 560. The first-order chi connectivity index (χ1) is 13.5. The number of rotatable bonds is 12. The molecule has 0 radical (unpaired) electrons. The molecule has 16 nitrogen and oxygen atoms in total. The SMILES string of the molecule is O=C(O)CC(C(O)C(=O)O)C(O)C(=O)O.O=C(O)CC(C(O)C(=O)O)C(O)C(=O)O. The lowest BCUT2D eigenvalue weighted by atomic mass is 9.92. The van der Waals surface area contributed by atoms with Gasteiger partial charge in [-0.1, -0.05) is 0 Å². The predicted molar refractivity (Wildman–Crippen MR) is 86.1 cm³/mol. The average Bonchev–Trinajstić information content (AvgIpc) is 2.61. The number of carboxylic acid groups (broad SMARTS) is 6. The maximum Gasteiger partial charge on any atom is 0.332 e. The van der Waals surface area contributed by atoms with Crippen molar-refractivity contribution in [2.24, 2.45) is 11.8 Å². The van der Waals surface area contributed by atoms with E-state index in [2.05, 4.69) is 0 Å². The minimum absolute atomic E-state index is 0.957. The predicted octanol–water partition coefficient (Wildman–Crippen LogP) is -4.06. The first kappa shape index (κ1) is 28.9. The Labute approximate surface area is 165 Å². The van der Waals surface area contributed by atoms with Gasteiger partial charge in [0.2, 0.25) is 0 Å². The van der Waals surface area contributed by atoms with Crippen LogP contribution in [0.3, 0.4) is 0 Å². The van der Waals surface area contributed by atoms with Gasteiger partial charge < -0.3 is 51.1 Å². The number of aliphatic hydroxyl groups excluding tert-OH is 4. The highest BCUT2D eigenvalue weighted by molar-refractivity contribution is 5.80. The summed E-state index contributed by atoms with van der Waals surface area (Å²) in [6.45, 7) is 0. The molecule has 4 unspecified atom stereocenters. The molecule has 0 heterocycles. The van der Waals surface area contributed by atoms with Gasteiger partial charge in [-0.15, -0.1) is 0 Å². The molecule has 0 bridgehead atoms. The van der Waals surface area contributed by atoms with Crippen molar-refractivity contribution >= 4 is 35.8 Å². The van der Waals surface area contributed by atoms with E-state index < -0.39 is 84.9 Å². The fourth-order valence-corrected chi connectivity index (χ4v) is 1.93. The maximum atomic E-state index is 10.3. The standard InChI is InChI=1S/2C7H10O8/c2*8-3(9)1-2(4(10)6(12)13)5(11)7(14)15/h2*2,4-5,10-11H,1H2,(H,8,9)(H,12,13)(H,14,15). The van der Waals surface area contributed by atoms with Gasteiger partial charge >= 0.3 is 35.8 Å². The van der Waals surface area contributed by atoms with Crippen molar-refractivity contribution in [3.8, 4) is 0 Å². The lowest BCUT2D eigenvalue weighted by molar-refractivity contribution is -0.164. The zero-order valence-electron chi connectivity index (χ0n) is 14.8. The molecule has 0 aromatic carbocycles. The molecule has 0 aliphatic heterocycles. The third-order valence-corrected chi connectivity index (χ3v) is 3.45. The molecule has 10 N–H and O–H groups in total. The third kappa shape index (κ3) is 10.3. The molecular formula is C14H20O16. The number of aliphatic carboxylic acids is 6. The molecule has 0 aliphatic carbocycles. The summed E-state index contributed by atoms with van der Waals surface area (Å²) < 4.78 is 0. The van der Waals surface area contributed by atoms with Crippen LogP contribution < -0.4 is 0 Å². The molecule has 0 saturated carbocycles. The second-order valence-corrected chi connectivity index (χ2v) is 5.66. The van der Waals surface area contributed by atoms with Crippen LogP contribution in [0.4, 0.5) is 0 Å². The molecule has 0 rings (SSSR count). The monoisotopic (exact) mass is 444 g/mol. The van der Waals surface area contributed by atoms with Gasteiger partial charge in [0.05, 0.1) is 12.8 Å². The zero-order chi connectivity index (χ0) is 24.3. The number of aliphatic hydroxyl groups is 4. The lowest BCUT2D eigenvalue weighted by Gasteiger charge is -2.20. The molecule has 0 spiro atoms. The van der Waals surface area contributed by atoms with E-state index in [0.717, 1.165) is 0 Å². The Kier molecular flexibility index (Phi) is 12.5. The van der Waals surface area contributed by atoms with Crippen LogP contribution in [0.5, 0.6) is 0 Å². The van der Waals surface area contributed by atoms with Gasteiger partial charge in [-0.05, 0) is 0 Å². The molecule has 16 heteroatoms. The van der Waals surface area contributed by atoms with E-state index in [1.807, 2.05) is 0 Å². The van der Waals surface area contributed by atoms with E-state index >= 15 is 0 Å². The number of hydrogen-bond acceptors (Lipinski definition) is 10. The van der Waals surface area contributed by atoms with Crippen molar-refractivity contribution in [2.45, 2.75) is 37.3 Å². The van der Waals surface area contributed by atoms with E-state index in [-0.39, 0.29) is 0 Å². The van der Waals surface area contributed by atoms with E-state index in [4.69, 9.17) is 51.1 Å². The van der Waals surface area contributed by atoms with Crippen molar-refractivity contribution in [3.63, 3.8) is 0 Å². The molecule has 30 heavy (non-hydrogen) atoms. The minimum atomic E-state index is -2.24. The van der Waals surface area contributed by atoms with E-state index in [1.165, 1.54) is 0 Å². The van der Waals surface area contributed by atoms with Crippen LogP contribution in [-0.2, 0) is 28.8 Å².